The van der Waals surface area contributed by atoms with Crippen LogP contribution in [0.5, 0.6) is 0 Å². The first-order valence-corrected chi connectivity index (χ1v) is 8.87. The van der Waals surface area contributed by atoms with Crippen LogP contribution in [0, 0.1) is 11.3 Å². The molecule has 1 fully saturated rings. The van der Waals surface area contributed by atoms with Gasteiger partial charge in [-0.3, -0.25) is 0 Å². The summed E-state index contributed by atoms with van der Waals surface area (Å²) >= 11 is 0. The number of hydrogen-bond donors (Lipinski definition) is 1. The Morgan fingerprint density at radius 3 is 2.19 bits per heavy atom. The monoisotopic (exact) mass is 287 g/mol. The standard InChI is InChI=1S/C20H33N/c1-5-21-19(20(4)13-7-6-8-14-20)18-11-9-17(10-12-18)15-16(2)3/h9-12,16,19,21H,5-8,13-15H2,1-4H3. The molecule has 0 heterocycles. The van der Waals surface area contributed by atoms with Crippen LogP contribution in [0.2, 0.25) is 0 Å². The van der Waals surface area contributed by atoms with Crippen LogP contribution in [-0.2, 0) is 6.42 Å². The molecule has 0 amide bonds. The number of benzene rings is 1. The van der Waals surface area contributed by atoms with Gasteiger partial charge in [-0.2, -0.15) is 0 Å². The molecule has 1 unspecified atom stereocenters. The lowest BCUT2D eigenvalue weighted by Crippen LogP contribution is -2.37. The number of hydrogen-bond acceptors (Lipinski definition) is 1. The normalized spacial score (nSPS) is 19.7. The van der Waals surface area contributed by atoms with E-state index in [2.05, 4.69) is 57.3 Å². The van der Waals surface area contributed by atoms with E-state index in [-0.39, 0.29) is 0 Å². The minimum absolute atomic E-state index is 0.424. The van der Waals surface area contributed by atoms with Crippen molar-refractivity contribution in [2.24, 2.45) is 11.3 Å². The van der Waals surface area contributed by atoms with Gasteiger partial charge < -0.3 is 5.32 Å². The van der Waals surface area contributed by atoms with Crippen LogP contribution < -0.4 is 5.32 Å². The minimum Gasteiger partial charge on any atom is -0.310 e. The van der Waals surface area contributed by atoms with E-state index in [1.165, 1.54) is 49.7 Å². The third-order valence-electron chi connectivity index (χ3n) is 5.06. The van der Waals surface area contributed by atoms with Crippen molar-refractivity contribution in [3.63, 3.8) is 0 Å². The minimum atomic E-state index is 0.424. The Balaban J connectivity index is 2.17. The molecule has 0 saturated heterocycles. The molecular weight excluding hydrogens is 254 g/mol. The Morgan fingerprint density at radius 1 is 1.05 bits per heavy atom. The van der Waals surface area contributed by atoms with E-state index in [0.717, 1.165) is 12.5 Å². The van der Waals surface area contributed by atoms with Crippen LogP contribution in [0.15, 0.2) is 24.3 Å². The highest BCUT2D eigenvalue weighted by molar-refractivity contribution is 5.27. The topological polar surface area (TPSA) is 12.0 Å². The van der Waals surface area contributed by atoms with Crippen molar-refractivity contribution in [1.82, 2.24) is 5.32 Å². The predicted octanol–water partition coefficient (Wildman–Crippen LogP) is 5.51. The predicted molar refractivity (Wildman–Crippen MR) is 92.6 cm³/mol. The highest BCUT2D eigenvalue weighted by atomic mass is 14.9. The zero-order valence-electron chi connectivity index (χ0n) is 14.4. The molecule has 1 aliphatic carbocycles. The summed E-state index contributed by atoms with van der Waals surface area (Å²) in [7, 11) is 0. The average molecular weight is 287 g/mol. The molecule has 0 aromatic heterocycles. The van der Waals surface area contributed by atoms with E-state index in [4.69, 9.17) is 0 Å². The summed E-state index contributed by atoms with van der Waals surface area (Å²) in [6.45, 7) is 10.3. The fourth-order valence-corrected chi connectivity index (χ4v) is 3.94. The van der Waals surface area contributed by atoms with Crippen LogP contribution in [0.3, 0.4) is 0 Å². The molecule has 0 spiro atoms. The molecule has 1 heteroatoms. The van der Waals surface area contributed by atoms with Crippen LogP contribution >= 0.6 is 0 Å². The maximum absolute atomic E-state index is 3.77. The molecule has 1 aliphatic rings. The van der Waals surface area contributed by atoms with Crippen molar-refractivity contribution in [3.05, 3.63) is 35.4 Å². The van der Waals surface area contributed by atoms with Crippen molar-refractivity contribution < 1.29 is 0 Å². The molecule has 1 atom stereocenters. The van der Waals surface area contributed by atoms with E-state index in [9.17, 15) is 0 Å². The first-order chi connectivity index (χ1) is 10.0. The largest absolute Gasteiger partial charge is 0.310 e. The first kappa shape index (κ1) is 16.5. The van der Waals surface area contributed by atoms with Crippen LogP contribution in [0.4, 0.5) is 0 Å². The van der Waals surface area contributed by atoms with Crippen molar-refractivity contribution in [3.8, 4) is 0 Å². The Hall–Kier alpha value is -0.820. The van der Waals surface area contributed by atoms with Gasteiger partial charge in [0.2, 0.25) is 0 Å². The molecule has 2 rings (SSSR count). The quantitative estimate of drug-likeness (QED) is 0.728. The van der Waals surface area contributed by atoms with E-state index < -0.39 is 0 Å². The third-order valence-corrected chi connectivity index (χ3v) is 5.06. The van der Waals surface area contributed by atoms with Gasteiger partial charge in [-0.25, -0.2) is 0 Å². The highest BCUT2D eigenvalue weighted by Gasteiger charge is 2.35. The van der Waals surface area contributed by atoms with Gasteiger partial charge in [0, 0.05) is 6.04 Å². The third kappa shape index (κ3) is 4.32. The molecule has 0 bridgehead atoms. The van der Waals surface area contributed by atoms with Crippen molar-refractivity contribution in [1.29, 1.82) is 0 Å². The Morgan fingerprint density at radius 2 is 1.67 bits per heavy atom. The van der Waals surface area contributed by atoms with Gasteiger partial charge in [0.05, 0.1) is 0 Å². The van der Waals surface area contributed by atoms with Gasteiger partial charge >= 0.3 is 0 Å². The molecule has 1 aromatic rings. The second-order valence-electron chi connectivity index (χ2n) is 7.54. The lowest BCUT2D eigenvalue weighted by Gasteiger charge is -2.41. The molecule has 1 nitrogen and oxygen atoms in total. The lowest BCUT2D eigenvalue weighted by molar-refractivity contribution is 0.146. The first-order valence-electron chi connectivity index (χ1n) is 8.87. The van der Waals surface area contributed by atoms with Gasteiger partial charge in [0.1, 0.15) is 0 Å². The smallest absolute Gasteiger partial charge is 0.0374 e. The summed E-state index contributed by atoms with van der Waals surface area (Å²) < 4.78 is 0. The second kappa shape index (κ2) is 7.45. The summed E-state index contributed by atoms with van der Waals surface area (Å²) in [4.78, 5) is 0. The molecule has 1 saturated carbocycles. The second-order valence-corrected chi connectivity index (χ2v) is 7.54. The zero-order valence-corrected chi connectivity index (χ0v) is 14.4. The summed E-state index contributed by atoms with van der Waals surface area (Å²) in [5, 5.41) is 3.77. The van der Waals surface area contributed by atoms with Gasteiger partial charge in [-0.15, -0.1) is 0 Å². The maximum Gasteiger partial charge on any atom is 0.0374 e. The van der Waals surface area contributed by atoms with Crippen LogP contribution in [0.1, 0.15) is 77.0 Å². The summed E-state index contributed by atoms with van der Waals surface area (Å²) in [5.41, 5.74) is 3.37. The summed E-state index contributed by atoms with van der Waals surface area (Å²) in [6.07, 6.45) is 8.11. The highest BCUT2D eigenvalue weighted by Crippen LogP contribution is 2.45. The van der Waals surface area contributed by atoms with E-state index >= 15 is 0 Å². The lowest BCUT2D eigenvalue weighted by atomic mass is 9.68. The van der Waals surface area contributed by atoms with E-state index in [1.807, 2.05) is 0 Å². The number of rotatable bonds is 6. The van der Waals surface area contributed by atoms with Gasteiger partial charge in [0.15, 0.2) is 0 Å². The van der Waals surface area contributed by atoms with E-state index in [1.54, 1.807) is 0 Å². The summed E-state index contributed by atoms with van der Waals surface area (Å²) in [6, 6.07) is 9.92. The molecule has 1 N–H and O–H groups in total. The van der Waals surface area contributed by atoms with Gasteiger partial charge in [-0.1, -0.05) is 71.2 Å². The van der Waals surface area contributed by atoms with Crippen LogP contribution in [-0.4, -0.2) is 6.54 Å². The SMILES string of the molecule is CCNC(c1ccc(CC(C)C)cc1)C1(C)CCCCC1. The molecule has 21 heavy (non-hydrogen) atoms. The molecule has 0 aliphatic heterocycles. The van der Waals surface area contributed by atoms with Gasteiger partial charge in [0.25, 0.3) is 0 Å². The fraction of sp³-hybridized carbons (Fsp3) is 0.700. The molecular formula is C20H33N. The van der Waals surface area contributed by atoms with Crippen LogP contribution in [0.25, 0.3) is 0 Å². The zero-order chi connectivity index (χ0) is 15.3. The number of nitrogens with one attached hydrogen (secondary N) is 1. The average Bonchev–Trinajstić information content (AvgIpc) is 2.46. The Bertz CT molecular complexity index is 412. The maximum atomic E-state index is 3.77. The molecule has 0 radical (unpaired) electrons. The van der Waals surface area contributed by atoms with Crippen molar-refractivity contribution in [2.45, 2.75) is 72.3 Å². The van der Waals surface area contributed by atoms with E-state index in [0.29, 0.717) is 11.5 Å². The molecule has 1 aromatic carbocycles. The van der Waals surface area contributed by atoms with Gasteiger partial charge in [-0.05, 0) is 48.3 Å². The Labute approximate surface area is 131 Å². The van der Waals surface area contributed by atoms with Crippen molar-refractivity contribution >= 4 is 0 Å². The molecule has 118 valence electrons. The Kier molecular flexibility index (Phi) is 5.87. The van der Waals surface area contributed by atoms with Crippen molar-refractivity contribution in [2.75, 3.05) is 6.54 Å². The summed E-state index contributed by atoms with van der Waals surface area (Å²) in [5.74, 6) is 0.733. The fourth-order valence-electron chi connectivity index (χ4n) is 3.94.